The first-order valence-corrected chi connectivity index (χ1v) is 7.73. The van der Waals surface area contributed by atoms with E-state index in [2.05, 4.69) is 21.2 Å². The van der Waals surface area contributed by atoms with Gasteiger partial charge in [0.1, 0.15) is 11.6 Å². The number of amides is 1. The zero-order valence-electron chi connectivity index (χ0n) is 12.0. The zero-order chi connectivity index (χ0) is 16.3. The third kappa shape index (κ3) is 3.99. The van der Waals surface area contributed by atoms with Crippen LogP contribution in [0.2, 0.25) is 5.02 Å². The number of carbonyl (C=O) groups excluding carboxylic acids is 1. The molecule has 2 aromatic carbocycles. The molecule has 0 aliphatic rings. The van der Waals surface area contributed by atoms with Gasteiger partial charge in [-0.05, 0) is 65.7 Å². The van der Waals surface area contributed by atoms with Gasteiger partial charge >= 0.3 is 0 Å². The van der Waals surface area contributed by atoms with Crippen LogP contribution in [0.3, 0.4) is 0 Å². The summed E-state index contributed by atoms with van der Waals surface area (Å²) in [5.41, 5.74) is 1.42. The van der Waals surface area contributed by atoms with Crippen LogP contribution >= 0.6 is 27.5 Å². The lowest BCUT2D eigenvalue weighted by molar-refractivity contribution is -0.122. The van der Waals surface area contributed by atoms with Crippen molar-refractivity contribution in [3.8, 4) is 5.75 Å². The third-order valence-electron chi connectivity index (χ3n) is 3.09. The Kier molecular flexibility index (Phi) is 5.42. The quantitative estimate of drug-likeness (QED) is 0.807. The Morgan fingerprint density at radius 2 is 2.09 bits per heavy atom. The molecule has 2 rings (SSSR count). The van der Waals surface area contributed by atoms with Gasteiger partial charge in [0.05, 0.1) is 4.47 Å². The van der Waals surface area contributed by atoms with Crippen molar-refractivity contribution in [3.05, 3.63) is 57.3 Å². The molecule has 0 saturated carbocycles. The van der Waals surface area contributed by atoms with Gasteiger partial charge in [0.15, 0.2) is 6.10 Å². The predicted octanol–water partition coefficient (Wildman–Crippen LogP) is 4.96. The van der Waals surface area contributed by atoms with E-state index in [0.717, 1.165) is 5.56 Å². The highest BCUT2D eigenvalue weighted by atomic mass is 79.9. The second-order valence-corrected chi connectivity index (χ2v) is 6.00. The number of hydrogen-bond donors (Lipinski definition) is 1. The number of halogens is 3. The van der Waals surface area contributed by atoms with Gasteiger partial charge in [-0.25, -0.2) is 4.39 Å². The van der Waals surface area contributed by atoms with E-state index in [0.29, 0.717) is 20.9 Å². The molecule has 6 heteroatoms. The van der Waals surface area contributed by atoms with Gasteiger partial charge in [-0.15, -0.1) is 0 Å². The maximum absolute atomic E-state index is 13.0. The van der Waals surface area contributed by atoms with Gasteiger partial charge in [-0.3, -0.25) is 4.79 Å². The summed E-state index contributed by atoms with van der Waals surface area (Å²) in [5, 5.41) is 3.34. The molecule has 0 fully saturated rings. The van der Waals surface area contributed by atoms with E-state index in [4.69, 9.17) is 16.3 Å². The van der Waals surface area contributed by atoms with Crippen LogP contribution in [0.1, 0.15) is 12.5 Å². The summed E-state index contributed by atoms with van der Waals surface area (Å²) in [4.78, 5) is 12.2. The molecular formula is C16H14BrClFNO2. The van der Waals surface area contributed by atoms with Crippen molar-refractivity contribution in [3.63, 3.8) is 0 Å². The molecule has 2 aromatic rings. The highest BCUT2D eigenvalue weighted by Crippen LogP contribution is 2.27. The Hall–Kier alpha value is -1.59. The van der Waals surface area contributed by atoms with Crippen LogP contribution in [0, 0.1) is 12.7 Å². The van der Waals surface area contributed by atoms with Gasteiger partial charge in [0.2, 0.25) is 0 Å². The van der Waals surface area contributed by atoms with Crippen LogP contribution in [-0.4, -0.2) is 12.0 Å². The largest absolute Gasteiger partial charge is 0.480 e. The number of benzene rings is 2. The number of nitrogens with one attached hydrogen (secondary N) is 1. The Morgan fingerprint density at radius 1 is 1.36 bits per heavy atom. The van der Waals surface area contributed by atoms with Crippen LogP contribution < -0.4 is 10.1 Å². The van der Waals surface area contributed by atoms with Gasteiger partial charge in [0.25, 0.3) is 5.91 Å². The van der Waals surface area contributed by atoms with Gasteiger partial charge in [0, 0.05) is 10.7 Å². The average Bonchev–Trinajstić information content (AvgIpc) is 2.46. The first-order chi connectivity index (χ1) is 10.4. The van der Waals surface area contributed by atoms with Crippen molar-refractivity contribution in [1.82, 2.24) is 0 Å². The summed E-state index contributed by atoms with van der Waals surface area (Å²) in [5.74, 6) is -0.306. The summed E-state index contributed by atoms with van der Waals surface area (Å²) in [7, 11) is 0. The van der Waals surface area contributed by atoms with Crippen molar-refractivity contribution in [2.75, 3.05) is 5.32 Å². The fourth-order valence-electron chi connectivity index (χ4n) is 1.79. The molecule has 0 saturated heterocycles. The van der Waals surface area contributed by atoms with E-state index in [1.54, 1.807) is 25.1 Å². The molecule has 0 aliphatic heterocycles. The number of hydrogen-bond acceptors (Lipinski definition) is 2. The summed E-state index contributed by atoms with van der Waals surface area (Å²) in [6.07, 6.45) is -0.750. The minimum Gasteiger partial charge on any atom is -0.480 e. The molecule has 1 N–H and O–H groups in total. The fraction of sp³-hybridized carbons (Fsp3) is 0.188. The third-order valence-corrected chi connectivity index (χ3v) is 4.12. The summed E-state index contributed by atoms with van der Waals surface area (Å²) in [6, 6.07) is 9.29. The standard InChI is InChI=1S/C16H14BrClFNO2/c1-9-13(18)4-3-5-14(9)20-16(21)10(2)22-15-7-6-11(19)8-12(15)17/h3-8,10H,1-2H3,(H,20,21). The smallest absolute Gasteiger partial charge is 0.265 e. The van der Waals surface area contributed by atoms with Crippen molar-refractivity contribution in [2.24, 2.45) is 0 Å². The molecule has 0 radical (unpaired) electrons. The molecule has 0 spiro atoms. The van der Waals surface area contributed by atoms with Crippen LogP contribution in [0.5, 0.6) is 5.75 Å². The van der Waals surface area contributed by atoms with E-state index >= 15 is 0 Å². The number of anilines is 1. The maximum atomic E-state index is 13.0. The maximum Gasteiger partial charge on any atom is 0.265 e. The molecule has 22 heavy (non-hydrogen) atoms. The molecule has 0 aliphatic carbocycles. The molecule has 1 unspecified atom stereocenters. The number of ether oxygens (including phenoxy) is 1. The van der Waals surface area contributed by atoms with Gasteiger partial charge < -0.3 is 10.1 Å². The van der Waals surface area contributed by atoms with Crippen LogP contribution in [0.25, 0.3) is 0 Å². The lowest BCUT2D eigenvalue weighted by atomic mass is 10.2. The van der Waals surface area contributed by atoms with Crippen molar-refractivity contribution >= 4 is 39.1 Å². The molecule has 0 heterocycles. The molecule has 116 valence electrons. The van der Waals surface area contributed by atoms with Gasteiger partial charge in [-0.2, -0.15) is 0 Å². The Morgan fingerprint density at radius 3 is 2.77 bits per heavy atom. The van der Waals surface area contributed by atoms with Crippen LogP contribution in [0.15, 0.2) is 40.9 Å². The highest BCUT2D eigenvalue weighted by Gasteiger charge is 2.17. The predicted molar refractivity (Wildman–Crippen MR) is 89.0 cm³/mol. The topological polar surface area (TPSA) is 38.3 Å². The molecular weight excluding hydrogens is 373 g/mol. The minimum atomic E-state index is -0.750. The second kappa shape index (κ2) is 7.11. The van der Waals surface area contributed by atoms with Gasteiger partial charge in [-0.1, -0.05) is 17.7 Å². The van der Waals surface area contributed by atoms with E-state index in [1.165, 1.54) is 18.2 Å². The molecule has 0 bridgehead atoms. The Balaban J connectivity index is 2.07. The summed E-state index contributed by atoms with van der Waals surface area (Å²) >= 11 is 9.22. The molecule has 3 nitrogen and oxygen atoms in total. The molecule has 1 atom stereocenters. The lowest BCUT2D eigenvalue weighted by Crippen LogP contribution is -2.30. The first kappa shape index (κ1) is 16.8. The van der Waals surface area contributed by atoms with Crippen molar-refractivity contribution in [1.29, 1.82) is 0 Å². The van der Waals surface area contributed by atoms with Crippen molar-refractivity contribution in [2.45, 2.75) is 20.0 Å². The summed E-state index contributed by atoms with van der Waals surface area (Å²) < 4.78 is 19.0. The summed E-state index contributed by atoms with van der Waals surface area (Å²) in [6.45, 7) is 3.44. The van der Waals surface area contributed by atoms with E-state index in [1.807, 2.05) is 6.92 Å². The monoisotopic (exact) mass is 385 g/mol. The van der Waals surface area contributed by atoms with E-state index in [9.17, 15) is 9.18 Å². The second-order valence-electron chi connectivity index (χ2n) is 4.74. The van der Waals surface area contributed by atoms with Crippen molar-refractivity contribution < 1.29 is 13.9 Å². The average molecular weight is 387 g/mol. The Bertz CT molecular complexity index is 709. The van der Waals surface area contributed by atoms with Crippen LogP contribution in [0.4, 0.5) is 10.1 Å². The lowest BCUT2D eigenvalue weighted by Gasteiger charge is -2.17. The molecule has 0 aromatic heterocycles. The number of rotatable bonds is 4. The number of carbonyl (C=O) groups is 1. The van der Waals surface area contributed by atoms with Crippen LogP contribution in [-0.2, 0) is 4.79 Å². The first-order valence-electron chi connectivity index (χ1n) is 6.56. The minimum absolute atomic E-state index is 0.318. The van der Waals surface area contributed by atoms with E-state index < -0.39 is 6.10 Å². The van der Waals surface area contributed by atoms with E-state index in [-0.39, 0.29) is 11.7 Å². The zero-order valence-corrected chi connectivity index (χ0v) is 14.3. The Labute approximate surface area is 141 Å². The fourth-order valence-corrected chi connectivity index (χ4v) is 2.41. The normalized spacial score (nSPS) is 11.9. The SMILES string of the molecule is Cc1c(Cl)cccc1NC(=O)C(C)Oc1ccc(F)cc1Br. The highest BCUT2D eigenvalue weighted by molar-refractivity contribution is 9.10. The molecule has 1 amide bonds.